The number of carbonyl (C=O) groups is 2. The van der Waals surface area contributed by atoms with Gasteiger partial charge in [0.15, 0.2) is 0 Å². The second-order valence-electron chi connectivity index (χ2n) is 4.14. The van der Waals surface area contributed by atoms with Gasteiger partial charge in [0, 0.05) is 6.08 Å². The fourth-order valence-electron chi connectivity index (χ4n) is 1.43. The van der Waals surface area contributed by atoms with E-state index >= 15 is 0 Å². The summed E-state index contributed by atoms with van der Waals surface area (Å²) in [6.07, 6.45) is 6.73. The highest BCUT2D eigenvalue weighted by molar-refractivity contribution is 5.89. The number of carboxylic acid groups (broad SMARTS) is 1. The summed E-state index contributed by atoms with van der Waals surface area (Å²) in [5, 5.41) is 19.5. The third-order valence-corrected chi connectivity index (χ3v) is 2.41. The number of hydrogen-bond donors (Lipinski definition) is 1. The minimum absolute atomic E-state index is 0.107. The van der Waals surface area contributed by atoms with Crippen LogP contribution in [0.2, 0.25) is 0 Å². The van der Waals surface area contributed by atoms with Gasteiger partial charge in [0.2, 0.25) is 0 Å². The molecule has 5 nitrogen and oxygen atoms in total. The molecule has 0 bridgehead atoms. The SMILES string of the molecule is CCCCCCCC(O)COC(=O)/C=C/C(=O)[O-]. The summed E-state index contributed by atoms with van der Waals surface area (Å²) in [4.78, 5) is 21.0. The van der Waals surface area contributed by atoms with E-state index in [-0.39, 0.29) is 6.61 Å². The number of unbranched alkanes of at least 4 members (excludes halogenated alkanes) is 4. The fraction of sp³-hybridized carbons (Fsp3) is 0.692. The molecule has 1 N–H and O–H groups in total. The van der Waals surface area contributed by atoms with Gasteiger partial charge in [-0.3, -0.25) is 0 Å². The van der Waals surface area contributed by atoms with Gasteiger partial charge in [-0.1, -0.05) is 39.0 Å². The molecule has 0 radical (unpaired) electrons. The van der Waals surface area contributed by atoms with Gasteiger partial charge in [0.05, 0.1) is 12.1 Å². The van der Waals surface area contributed by atoms with Crippen LogP contribution >= 0.6 is 0 Å². The summed E-state index contributed by atoms with van der Waals surface area (Å²) in [7, 11) is 0. The molecule has 0 rings (SSSR count). The molecule has 0 aliphatic carbocycles. The summed E-state index contributed by atoms with van der Waals surface area (Å²) in [6, 6.07) is 0. The van der Waals surface area contributed by atoms with Crippen LogP contribution in [0.15, 0.2) is 12.2 Å². The van der Waals surface area contributed by atoms with Crippen molar-refractivity contribution < 1.29 is 24.5 Å². The first-order valence-corrected chi connectivity index (χ1v) is 6.30. The van der Waals surface area contributed by atoms with Crippen molar-refractivity contribution in [2.24, 2.45) is 0 Å². The van der Waals surface area contributed by atoms with Crippen LogP contribution in [0.4, 0.5) is 0 Å². The van der Waals surface area contributed by atoms with Crippen LogP contribution in [-0.2, 0) is 14.3 Å². The second-order valence-corrected chi connectivity index (χ2v) is 4.14. The van der Waals surface area contributed by atoms with Crippen LogP contribution in [-0.4, -0.2) is 29.8 Å². The predicted octanol–water partition coefficient (Wildman–Crippen LogP) is 0.557. The van der Waals surface area contributed by atoms with Crippen molar-refractivity contribution in [3.63, 3.8) is 0 Å². The number of aliphatic hydroxyl groups is 1. The Morgan fingerprint density at radius 3 is 2.50 bits per heavy atom. The van der Waals surface area contributed by atoms with Gasteiger partial charge in [0.1, 0.15) is 6.61 Å². The Balaban J connectivity index is 3.54. The average Bonchev–Trinajstić information content (AvgIpc) is 2.33. The monoisotopic (exact) mass is 257 g/mol. The Hall–Kier alpha value is -1.36. The maximum Gasteiger partial charge on any atom is 0.330 e. The third-order valence-electron chi connectivity index (χ3n) is 2.41. The molecule has 0 saturated carbocycles. The molecule has 1 unspecified atom stereocenters. The van der Waals surface area contributed by atoms with E-state index in [0.29, 0.717) is 12.5 Å². The quantitative estimate of drug-likeness (QED) is 0.351. The van der Waals surface area contributed by atoms with E-state index in [1.165, 1.54) is 12.8 Å². The normalized spacial score (nSPS) is 12.6. The van der Waals surface area contributed by atoms with Crippen LogP contribution in [0, 0.1) is 0 Å². The average molecular weight is 257 g/mol. The lowest BCUT2D eigenvalue weighted by Gasteiger charge is -2.10. The molecular formula is C13H21O5-. The van der Waals surface area contributed by atoms with Gasteiger partial charge in [-0.25, -0.2) is 4.79 Å². The minimum Gasteiger partial charge on any atom is -0.545 e. The highest BCUT2D eigenvalue weighted by Crippen LogP contribution is 2.07. The third kappa shape index (κ3) is 11.1. The highest BCUT2D eigenvalue weighted by atomic mass is 16.5. The maximum atomic E-state index is 11.0. The van der Waals surface area contributed by atoms with E-state index < -0.39 is 18.0 Å². The minimum atomic E-state index is -1.46. The first-order chi connectivity index (χ1) is 8.56. The highest BCUT2D eigenvalue weighted by Gasteiger charge is 2.06. The maximum absolute atomic E-state index is 11.0. The molecule has 0 aliphatic rings. The number of aliphatic hydroxyl groups excluding tert-OH is 1. The first-order valence-electron chi connectivity index (χ1n) is 6.30. The number of carboxylic acids is 1. The van der Waals surface area contributed by atoms with E-state index in [4.69, 9.17) is 0 Å². The molecule has 1 atom stereocenters. The number of esters is 1. The van der Waals surface area contributed by atoms with Crippen molar-refractivity contribution in [2.45, 2.75) is 51.6 Å². The fourth-order valence-corrected chi connectivity index (χ4v) is 1.43. The van der Waals surface area contributed by atoms with Gasteiger partial charge in [0.25, 0.3) is 0 Å². The Morgan fingerprint density at radius 1 is 1.22 bits per heavy atom. The lowest BCUT2D eigenvalue weighted by atomic mass is 10.1. The summed E-state index contributed by atoms with van der Waals surface area (Å²) in [6.45, 7) is 2.03. The molecule has 0 aromatic rings. The van der Waals surface area contributed by atoms with Crippen LogP contribution in [0.5, 0.6) is 0 Å². The molecule has 104 valence electrons. The zero-order valence-electron chi connectivity index (χ0n) is 10.8. The van der Waals surface area contributed by atoms with Crippen molar-refractivity contribution in [1.82, 2.24) is 0 Å². The van der Waals surface area contributed by atoms with E-state index in [0.717, 1.165) is 25.3 Å². The number of aliphatic carboxylic acids is 1. The van der Waals surface area contributed by atoms with Gasteiger partial charge >= 0.3 is 5.97 Å². The Labute approximate surface area is 107 Å². The molecule has 0 heterocycles. The van der Waals surface area contributed by atoms with Crippen LogP contribution in [0.1, 0.15) is 45.4 Å². The Bertz CT molecular complexity index is 273. The standard InChI is InChI=1S/C13H22O5/c1-2-3-4-5-6-7-11(14)10-18-13(17)9-8-12(15)16/h8-9,11,14H,2-7,10H2,1H3,(H,15,16)/p-1/b9-8+. The molecular weight excluding hydrogens is 236 g/mol. The van der Waals surface area contributed by atoms with Crippen LogP contribution < -0.4 is 5.11 Å². The Kier molecular flexibility index (Phi) is 9.96. The van der Waals surface area contributed by atoms with Crippen molar-refractivity contribution in [3.8, 4) is 0 Å². The van der Waals surface area contributed by atoms with E-state index in [9.17, 15) is 19.8 Å². The first kappa shape index (κ1) is 16.6. The van der Waals surface area contributed by atoms with Gasteiger partial charge in [-0.05, 0) is 12.5 Å². The topological polar surface area (TPSA) is 86.7 Å². The van der Waals surface area contributed by atoms with E-state index in [1.54, 1.807) is 0 Å². The molecule has 0 aromatic heterocycles. The zero-order valence-corrected chi connectivity index (χ0v) is 10.8. The largest absolute Gasteiger partial charge is 0.545 e. The van der Waals surface area contributed by atoms with Crippen molar-refractivity contribution in [1.29, 1.82) is 0 Å². The molecule has 0 saturated heterocycles. The smallest absolute Gasteiger partial charge is 0.330 e. The predicted molar refractivity (Wildman–Crippen MR) is 64.5 cm³/mol. The molecule has 0 aromatic carbocycles. The number of rotatable bonds is 10. The molecule has 0 amide bonds. The number of ether oxygens (including phenoxy) is 1. The van der Waals surface area contributed by atoms with Gasteiger partial charge < -0.3 is 19.7 Å². The summed E-state index contributed by atoms with van der Waals surface area (Å²) < 4.78 is 4.67. The molecule has 0 spiro atoms. The second kappa shape index (κ2) is 10.8. The Morgan fingerprint density at radius 2 is 1.89 bits per heavy atom. The lowest BCUT2D eigenvalue weighted by molar-refractivity contribution is -0.297. The van der Waals surface area contributed by atoms with E-state index in [2.05, 4.69) is 11.7 Å². The lowest BCUT2D eigenvalue weighted by Crippen LogP contribution is -2.20. The zero-order chi connectivity index (χ0) is 13.8. The summed E-state index contributed by atoms with van der Waals surface area (Å²) in [5.74, 6) is -2.24. The molecule has 5 heteroatoms. The van der Waals surface area contributed by atoms with Crippen LogP contribution in [0.25, 0.3) is 0 Å². The molecule has 18 heavy (non-hydrogen) atoms. The molecule has 0 aliphatic heterocycles. The van der Waals surface area contributed by atoms with E-state index in [1.807, 2.05) is 0 Å². The number of hydrogen-bond acceptors (Lipinski definition) is 5. The summed E-state index contributed by atoms with van der Waals surface area (Å²) >= 11 is 0. The van der Waals surface area contributed by atoms with Crippen molar-refractivity contribution in [2.75, 3.05) is 6.61 Å². The number of carbonyl (C=O) groups excluding carboxylic acids is 2. The summed E-state index contributed by atoms with van der Waals surface area (Å²) in [5.41, 5.74) is 0. The molecule has 0 fully saturated rings. The van der Waals surface area contributed by atoms with Crippen LogP contribution in [0.3, 0.4) is 0 Å². The van der Waals surface area contributed by atoms with Crippen molar-refractivity contribution in [3.05, 3.63) is 12.2 Å². The van der Waals surface area contributed by atoms with Gasteiger partial charge in [-0.15, -0.1) is 0 Å². The van der Waals surface area contributed by atoms with Crippen molar-refractivity contribution >= 4 is 11.9 Å². The van der Waals surface area contributed by atoms with Gasteiger partial charge in [-0.2, -0.15) is 0 Å².